The zero-order valence-electron chi connectivity index (χ0n) is 16.0. The van der Waals surface area contributed by atoms with Gasteiger partial charge in [0.1, 0.15) is 17.8 Å². The summed E-state index contributed by atoms with van der Waals surface area (Å²) in [4.78, 5) is 38.3. The number of ether oxygens (including phenoxy) is 2. The van der Waals surface area contributed by atoms with Crippen LogP contribution in [0.2, 0.25) is 0 Å². The summed E-state index contributed by atoms with van der Waals surface area (Å²) in [7, 11) is 0. The number of esters is 1. The lowest BCUT2D eigenvalue weighted by Crippen LogP contribution is -2.49. The summed E-state index contributed by atoms with van der Waals surface area (Å²) in [6.45, 7) is 13.8. The Balaban J connectivity index is 2.93. The third-order valence-electron chi connectivity index (χ3n) is 3.95. The van der Waals surface area contributed by atoms with Gasteiger partial charge in [-0.3, -0.25) is 9.59 Å². The summed E-state index contributed by atoms with van der Waals surface area (Å²) in [5.41, 5.74) is -0.894. The van der Waals surface area contributed by atoms with Gasteiger partial charge in [-0.15, -0.1) is 0 Å². The molecular weight excluding hydrogens is 310 g/mol. The lowest BCUT2D eigenvalue weighted by Gasteiger charge is -2.38. The molecule has 0 saturated carbocycles. The fraction of sp³-hybridized carbons (Fsp3) is 0.833. The van der Waals surface area contributed by atoms with Crippen LogP contribution in [0.15, 0.2) is 0 Å². The highest BCUT2D eigenvalue weighted by atomic mass is 16.6. The van der Waals surface area contributed by atoms with Gasteiger partial charge in [0, 0.05) is 18.5 Å². The maximum atomic E-state index is 12.6. The number of hydrogen-bond donors (Lipinski definition) is 0. The summed E-state index contributed by atoms with van der Waals surface area (Å²) >= 11 is 0. The van der Waals surface area contributed by atoms with Gasteiger partial charge in [0.05, 0.1) is 6.61 Å². The molecule has 0 aromatic carbocycles. The first-order chi connectivity index (χ1) is 10.9. The van der Waals surface area contributed by atoms with Crippen LogP contribution in [0.1, 0.15) is 61.3 Å². The third kappa shape index (κ3) is 5.49. The van der Waals surface area contributed by atoms with E-state index in [0.717, 1.165) is 0 Å². The van der Waals surface area contributed by atoms with Crippen LogP contribution in [0.4, 0.5) is 4.79 Å². The highest BCUT2D eigenvalue weighted by molar-refractivity contribution is 5.97. The highest BCUT2D eigenvalue weighted by Gasteiger charge is 2.48. The lowest BCUT2D eigenvalue weighted by atomic mass is 9.77. The van der Waals surface area contributed by atoms with Crippen molar-refractivity contribution in [2.75, 3.05) is 13.2 Å². The van der Waals surface area contributed by atoms with Crippen LogP contribution in [0, 0.1) is 11.3 Å². The molecule has 1 amide bonds. The zero-order valence-corrected chi connectivity index (χ0v) is 16.0. The van der Waals surface area contributed by atoms with E-state index in [2.05, 4.69) is 0 Å². The summed E-state index contributed by atoms with van der Waals surface area (Å²) in [5, 5.41) is 0. The van der Waals surface area contributed by atoms with Crippen molar-refractivity contribution in [3.8, 4) is 0 Å². The molecule has 0 bridgehead atoms. The Morgan fingerprint density at radius 2 is 1.67 bits per heavy atom. The summed E-state index contributed by atoms with van der Waals surface area (Å²) < 4.78 is 10.3. The van der Waals surface area contributed by atoms with E-state index in [-0.39, 0.29) is 36.2 Å². The quantitative estimate of drug-likeness (QED) is 0.580. The molecule has 6 heteroatoms. The van der Waals surface area contributed by atoms with Gasteiger partial charge in [-0.2, -0.15) is 0 Å². The fourth-order valence-electron chi connectivity index (χ4n) is 3.21. The summed E-state index contributed by atoms with van der Waals surface area (Å²) in [6.07, 6.45) is -0.110. The van der Waals surface area contributed by atoms with Gasteiger partial charge in [0.25, 0.3) is 0 Å². The van der Waals surface area contributed by atoms with Crippen molar-refractivity contribution in [2.24, 2.45) is 11.3 Å². The number of rotatable bonds is 4. The number of carbonyl (C=O) groups excluding carboxylic acids is 3. The van der Waals surface area contributed by atoms with Crippen LogP contribution in [-0.2, 0) is 19.1 Å². The standard InChI is InChI=1S/C18H31NO5/c1-8-23-14(21)11-13(20)12-9-10-19(15(12)17(2,3)4)16(22)24-18(5,6)7/h12,15H,8-11H2,1-7H3. The second-order valence-corrected chi connectivity index (χ2v) is 8.33. The Morgan fingerprint density at radius 3 is 2.12 bits per heavy atom. The van der Waals surface area contributed by atoms with Crippen LogP contribution in [0.5, 0.6) is 0 Å². The zero-order chi connectivity index (χ0) is 18.7. The first-order valence-electron chi connectivity index (χ1n) is 8.54. The van der Waals surface area contributed by atoms with Crippen molar-refractivity contribution in [1.82, 2.24) is 4.90 Å². The molecule has 24 heavy (non-hydrogen) atoms. The first kappa shape index (κ1) is 20.5. The van der Waals surface area contributed by atoms with E-state index in [4.69, 9.17) is 9.47 Å². The molecule has 2 unspecified atom stereocenters. The number of Topliss-reactive ketones (excluding diaryl/α,β-unsaturated/α-hetero) is 1. The molecule has 1 heterocycles. The van der Waals surface area contributed by atoms with Crippen LogP contribution in [0.3, 0.4) is 0 Å². The molecular formula is C18H31NO5. The van der Waals surface area contributed by atoms with Crippen molar-refractivity contribution in [3.63, 3.8) is 0 Å². The predicted molar refractivity (Wildman–Crippen MR) is 90.5 cm³/mol. The number of likely N-dealkylation sites (tertiary alicyclic amines) is 1. The van der Waals surface area contributed by atoms with E-state index < -0.39 is 17.7 Å². The molecule has 1 rings (SSSR count). The number of ketones is 1. The molecule has 1 fully saturated rings. The van der Waals surface area contributed by atoms with Gasteiger partial charge < -0.3 is 14.4 Å². The van der Waals surface area contributed by atoms with Crippen molar-refractivity contribution >= 4 is 17.8 Å². The Morgan fingerprint density at radius 1 is 1.08 bits per heavy atom. The van der Waals surface area contributed by atoms with Crippen molar-refractivity contribution < 1.29 is 23.9 Å². The Bertz CT molecular complexity index is 487. The highest BCUT2D eigenvalue weighted by Crippen LogP contribution is 2.38. The molecule has 1 saturated heterocycles. The SMILES string of the molecule is CCOC(=O)CC(=O)C1CCN(C(=O)OC(C)(C)C)C1C(C)(C)C. The van der Waals surface area contributed by atoms with E-state index in [0.29, 0.717) is 13.0 Å². The molecule has 0 aromatic heterocycles. The Labute approximate surface area is 144 Å². The Kier molecular flexibility index (Phi) is 6.42. The fourth-order valence-corrected chi connectivity index (χ4v) is 3.21. The molecule has 0 radical (unpaired) electrons. The molecule has 1 aliphatic heterocycles. The molecule has 0 aromatic rings. The normalized spacial score (nSPS) is 21.5. The maximum absolute atomic E-state index is 12.6. The van der Waals surface area contributed by atoms with Gasteiger partial charge in [0.2, 0.25) is 0 Å². The maximum Gasteiger partial charge on any atom is 0.410 e. The smallest absolute Gasteiger partial charge is 0.410 e. The number of carbonyl (C=O) groups is 3. The van der Waals surface area contributed by atoms with E-state index in [1.54, 1.807) is 11.8 Å². The van der Waals surface area contributed by atoms with Gasteiger partial charge in [-0.25, -0.2) is 4.79 Å². The molecule has 2 atom stereocenters. The second-order valence-electron chi connectivity index (χ2n) is 8.33. The second kappa shape index (κ2) is 7.53. The van der Waals surface area contributed by atoms with Crippen molar-refractivity contribution in [1.29, 1.82) is 0 Å². The number of hydrogen-bond acceptors (Lipinski definition) is 5. The van der Waals surface area contributed by atoms with Crippen LogP contribution < -0.4 is 0 Å². The van der Waals surface area contributed by atoms with Crippen LogP contribution in [0.25, 0.3) is 0 Å². The van der Waals surface area contributed by atoms with Gasteiger partial charge >= 0.3 is 12.1 Å². The van der Waals surface area contributed by atoms with Crippen LogP contribution in [-0.4, -0.2) is 47.5 Å². The number of nitrogens with zero attached hydrogens (tertiary/aromatic N) is 1. The molecule has 0 spiro atoms. The van der Waals surface area contributed by atoms with Gasteiger partial charge in [-0.1, -0.05) is 20.8 Å². The molecule has 6 nitrogen and oxygen atoms in total. The average molecular weight is 341 g/mol. The predicted octanol–water partition coefficient (Wildman–Crippen LogP) is 3.18. The van der Waals surface area contributed by atoms with E-state index in [9.17, 15) is 14.4 Å². The van der Waals surface area contributed by atoms with Gasteiger partial charge in [0.15, 0.2) is 0 Å². The minimum atomic E-state index is -0.591. The minimum absolute atomic E-state index is 0.167. The van der Waals surface area contributed by atoms with Crippen molar-refractivity contribution in [2.45, 2.75) is 73.0 Å². The summed E-state index contributed by atoms with van der Waals surface area (Å²) in [5.74, 6) is -1.05. The first-order valence-corrected chi connectivity index (χ1v) is 8.54. The minimum Gasteiger partial charge on any atom is -0.466 e. The lowest BCUT2D eigenvalue weighted by molar-refractivity contribution is -0.146. The van der Waals surface area contributed by atoms with E-state index in [1.807, 2.05) is 41.5 Å². The monoisotopic (exact) mass is 341 g/mol. The third-order valence-corrected chi connectivity index (χ3v) is 3.95. The molecule has 0 aliphatic carbocycles. The molecule has 1 aliphatic rings. The van der Waals surface area contributed by atoms with Crippen LogP contribution >= 0.6 is 0 Å². The Hall–Kier alpha value is -1.59. The van der Waals surface area contributed by atoms with Gasteiger partial charge in [-0.05, 0) is 39.5 Å². The molecule has 138 valence electrons. The summed E-state index contributed by atoms with van der Waals surface area (Å²) in [6, 6.07) is -0.297. The topological polar surface area (TPSA) is 72.9 Å². The number of amides is 1. The molecule has 0 N–H and O–H groups in total. The van der Waals surface area contributed by atoms with E-state index in [1.165, 1.54) is 0 Å². The average Bonchev–Trinajstić information content (AvgIpc) is 2.81. The van der Waals surface area contributed by atoms with Crippen molar-refractivity contribution in [3.05, 3.63) is 0 Å². The largest absolute Gasteiger partial charge is 0.466 e. The van der Waals surface area contributed by atoms with E-state index >= 15 is 0 Å².